The third kappa shape index (κ3) is 4.29. The Morgan fingerprint density at radius 1 is 1.11 bits per heavy atom. The second-order valence-electron chi connectivity index (χ2n) is 6.82. The van der Waals surface area contributed by atoms with Crippen LogP contribution < -0.4 is 11.1 Å². The van der Waals surface area contributed by atoms with Gasteiger partial charge in [0.05, 0.1) is 5.54 Å². The van der Waals surface area contributed by atoms with Gasteiger partial charge < -0.3 is 11.1 Å². The number of aromatic nitrogens is 3. The summed E-state index contributed by atoms with van der Waals surface area (Å²) in [7, 11) is 0. The molecule has 8 heteroatoms. The molecule has 2 heterocycles. The van der Waals surface area contributed by atoms with Crippen molar-refractivity contribution in [3.8, 4) is 11.1 Å². The normalized spacial score (nSPS) is 12.4. The topological polar surface area (TPSA) is 114 Å². The van der Waals surface area contributed by atoms with E-state index in [1.165, 1.54) is 0 Å². The maximum absolute atomic E-state index is 11.4. The smallest absolute Gasteiger partial charge is 0.248 e. The van der Waals surface area contributed by atoms with Crippen molar-refractivity contribution >= 4 is 23.0 Å². The molecule has 3 aromatic rings. The molecule has 3 rings (SSSR count). The first-order chi connectivity index (χ1) is 13.3. The molecular weight excluding hydrogens is 374 g/mol. The monoisotopic (exact) mass is 396 g/mol. The fourth-order valence-corrected chi connectivity index (χ4v) is 3.69. The Balaban J connectivity index is 1.85. The van der Waals surface area contributed by atoms with Crippen LogP contribution in [0.3, 0.4) is 0 Å². The van der Waals surface area contributed by atoms with Crippen LogP contribution in [0.1, 0.15) is 29.9 Å². The summed E-state index contributed by atoms with van der Waals surface area (Å²) in [6, 6.07) is 10.7. The van der Waals surface area contributed by atoms with Crippen LogP contribution in [-0.4, -0.2) is 31.7 Å². The summed E-state index contributed by atoms with van der Waals surface area (Å²) in [5, 5.41) is 3.27. The van der Waals surface area contributed by atoms with Crippen LogP contribution in [0.5, 0.6) is 0 Å². The van der Waals surface area contributed by atoms with Crippen molar-refractivity contribution in [2.75, 3.05) is 11.6 Å². The molecule has 144 valence electrons. The number of benzene rings is 1. The van der Waals surface area contributed by atoms with Crippen LogP contribution in [0, 0.1) is 0 Å². The number of pyridine rings is 1. The van der Waals surface area contributed by atoms with E-state index in [0.717, 1.165) is 21.7 Å². The number of carbonyl (C=O) groups is 1. The van der Waals surface area contributed by atoms with Gasteiger partial charge >= 0.3 is 0 Å². The Morgan fingerprint density at radius 3 is 2.46 bits per heavy atom. The first-order valence-corrected chi connectivity index (χ1v) is 10.2. The summed E-state index contributed by atoms with van der Waals surface area (Å²) < 4.78 is 10.1. The second-order valence-corrected chi connectivity index (χ2v) is 8.21. The van der Waals surface area contributed by atoms with E-state index in [0.29, 0.717) is 11.5 Å². The zero-order chi connectivity index (χ0) is 20.3. The average molecular weight is 396 g/mol. The summed E-state index contributed by atoms with van der Waals surface area (Å²) in [5.74, 6) is -0.0434. The minimum absolute atomic E-state index is 0.433. The summed E-state index contributed by atoms with van der Waals surface area (Å²) in [5.41, 5.74) is 7.51. The van der Waals surface area contributed by atoms with E-state index in [-0.39, 0.29) is 0 Å². The first-order valence-electron chi connectivity index (χ1n) is 8.59. The summed E-state index contributed by atoms with van der Waals surface area (Å²) in [4.78, 5) is 25.4. The fourth-order valence-electron chi connectivity index (χ4n) is 2.83. The molecule has 0 aliphatic carbocycles. The van der Waals surface area contributed by atoms with E-state index >= 15 is 0 Å². The molecule has 1 unspecified atom stereocenters. The number of carbonyl (C=O) groups excluding carboxylic acids is 1. The van der Waals surface area contributed by atoms with Gasteiger partial charge in [-0.2, -0.15) is 4.55 Å². The van der Waals surface area contributed by atoms with E-state index in [1.54, 1.807) is 49.1 Å². The molecule has 4 N–H and O–H groups in total. The van der Waals surface area contributed by atoms with E-state index in [1.807, 2.05) is 26.0 Å². The van der Waals surface area contributed by atoms with Crippen LogP contribution in [0.4, 0.5) is 5.95 Å². The van der Waals surface area contributed by atoms with Crippen molar-refractivity contribution in [3.63, 3.8) is 0 Å². The third-order valence-electron chi connectivity index (χ3n) is 4.24. The van der Waals surface area contributed by atoms with Crippen LogP contribution in [0.2, 0.25) is 0 Å². The van der Waals surface area contributed by atoms with Crippen LogP contribution in [0.15, 0.2) is 59.9 Å². The molecular formula is C20H22N5O2S+. The molecule has 0 saturated carbocycles. The molecule has 0 aliphatic rings. The van der Waals surface area contributed by atoms with Crippen molar-refractivity contribution < 1.29 is 9.35 Å². The van der Waals surface area contributed by atoms with E-state index in [4.69, 9.17) is 5.73 Å². The van der Waals surface area contributed by atoms with Gasteiger partial charge in [0.2, 0.25) is 16.8 Å². The highest BCUT2D eigenvalue weighted by Gasteiger charge is 2.32. The molecule has 2 aromatic heterocycles. The number of rotatable bonds is 6. The lowest BCUT2D eigenvalue weighted by Crippen LogP contribution is -2.32. The Kier molecular flexibility index (Phi) is 5.62. The molecule has 0 aliphatic heterocycles. The van der Waals surface area contributed by atoms with Gasteiger partial charge in [-0.15, -0.1) is 0 Å². The molecule has 0 fully saturated rings. The summed E-state index contributed by atoms with van der Waals surface area (Å²) in [6.07, 6.45) is 6.80. The van der Waals surface area contributed by atoms with Gasteiger partial charge in [0.15, 0.2) is 11.2 Å². The van der Waals surface area contributed by atoms with Gasteiger partial charge in [0.1, 0.15) is 11.9 Å². The largest absolute Gasteiger partial charge is 0.366 e. The quantitative estimate of drug-likeness (QED) is 0.552. The first kappa shape index (κ1) is 19.8. The summed E-state index contributed by atoms with van der Waals surface area (Å²) >= 11 is -0.911. The Labute approximate surface area is 166 Å². The molecule has 28 heavy (non-hydrogen) atoms. The minimum Gasteiger partial charge on any atom is -0.366 e. The van der Waals surface area contributed by atoms with Crippen molar-refractivity contribution in [2.24, 2.45) is 5.73 Å². The zero-order valence-corrected chi connectivity index (χ0v) is 16.7. The van der Waals surface area contributed by atoms with E-state index in [9.17, 15) is 9.35 Å². The Bertz CT molecular complexity index is 990. The Morgan fingerprint density at radius 2 is 1.82 bits per heavy atom. The minimum atomic E-state index is -0.911. The molecule has 0 saturated heterocycles. The molecule has 7 nitrogen and oxygen atoms in total. The third-order valence-corrected chi connectivity index (χ3v) is 5.20. The van der Waals surface area contributed by atoms with Gasteiger partial charge in [0, 0.05) is 29.7 Å². The van der Waals surface area contributed by atoms with E-state index in [2.05, 4.69) is 20.3 Å². The number of hydrogen-bond acceptors (Lipinski definition) is 6. The molecule has 1 aromatic carbocycles. The van der Waals surface area contributed by atoms with Gasteiger partial charge in [0.25, 0.3) is 0 Å². The van der Waals surface area contributed by atoms with Crippen LogP contribution in [-0.2, 0) is 16.7 Å². The van der Waals surface area contributed by atoms with Gasteiger partial charge in [-0.3, -0.25) is 9.78 Å². The molecule has 0 radical (unpaired) electrons. The zero-order valence-electron chi connectivity index (χ0n) is 15.9. The highest BCUT2D eigenvalue weighted by atomic mass is 32.2. The van der Waals surface area contributed by atoms with Gasteiger partial charge in [-0.25, -0.2) is 9.97 Å². The lowest BCUT2D eigenvalue weighted by Gasteiger charge is -2.25. The lowest BCUT2D eigenvalue weighted by molar-refractivity contribution is 0.100. The van der Waals surface area contributed by atoms with Crippen molar-refractivity contribution in [2.45, 2.75) is 24.3 Å². The Hall–Kier alpha value is -2.97. The van der Waals surface area contributed by atoms with E-state index < -0.39 is 22.6 Å². The lowest BCUT2D eigenvalue weighted by atomic mass is 10.00. The molecule has 1 amide bonds. The van der Waals surface area contributed by atoms with Gasteiger partial charge in [-0.1, -0.05) is 12.1 Å². The van der Waals surface area contributed by atoms with Crippen molar-refractivity contribution in [1.82, 2.24) is 15.0 Å². The van der Waals surface area contributed by atoms with Gasteiger partial charge in [-0.05, 0) is 43.7 Å². The number of nitrogens with zero attached hydrogens (tertiary/aromatic N) is 3. The average Bonchev–Trinajstić information content (AvgIpc) is 2.68. The maximum Gasteiger partial charge on any atom is 0.248 e. The number of amides is 1. The molecule has 0 bridgehead atoms. The number of nitrogens with one attached hydrogen (secondary N) is 1. The highest BCUT2D eigenvalue weighted by Crippen LogP contribution is 2.28. The number of hydrogen-bond donors (Lipinski definition) is 3. The number of primary amides is 1. The predicted molar refractivity (Wildman–Crippen MR) is 111 cm³/mol. The standard InChI is InChI=1S/C20H21N5O2S/c1-20(2,17-16(28(3)27)8-5-9-22-17)25-19-23-11-15(12-24-19)13-6-4-7-14(10-13)18(21)26/h4-12,27H,1-3H3,(H2-,21,23,24,25,26)/p+1. The summed E-state index contributed by atoms with van der Waals surface area (Å²) in [6.45, 7) is 3.92. The SMILES string of the molecule is C[S+](O)c1cccnc1C(C)(C)Nc1ncc(-c2cccc(C(N)=O)c2)cn1. The number of anilines is 1. The fraction of sp³-hybridized carbons (Fsp3) is 0.200. The number of nitrogens with two attached hydrogens (primary N) is 1. The van der Waals surface area contributed by atoms with Crippen molar-refractivity contribution in [1.29, 1.82) is 0 Å². The van der Waals surface area contributed by atoms with Crippen LogP contribution >= 0.6 is 0 Å². The second kappa shape index (κ2) is 7.95. The molecule has 1 atom stereocenters. The van der Waals surface area contributed by atoms with Crippen molar-refractivity contribution in [3.05, 3.63) is 66.2 Å². The van der Waals surface area contributed by atoms with Crippen LogP contribution in [0.25, 0.3) is 11.1 Å². The highest BCUT2D eigenvalue weighted by molar-refractivity contribution is 7.90. The maximum atomic E-state index is 11.4. The molecule has 0 spiro atoms. The predicted octanol–water partition coefficient (Wildman–Crippen LogP) is 3.06.